The lowest BCUT2D eigenvalue weighted by molar-refractivity contribution is -0.137. The van der Waals surface area contributed by atoms with Crippen molar-refractivity contribution in [3.05, 3.63) is 29.6 Å². The molecule has 0 amide bonds. The van der Waals surface area contributed by atoms with Crippen molar-refractivity contribution < 1.29 is 18.3 Å². The van der Waals surface area contributed by atoms with Crippen LogP contribution in [0.5, 0.6) is 0 Å². The van der Waals surface area contributed by atoms with Crippen molar-refractivity contribution in [1.82, 2.24) is 4.98 Å². The molecule has 0 radical (unpaired) electrons. The van der Waals surface area contributed by atoms with E-state index in [1.54, 1.807) is 0 Å². The molecule has 1 N–H and O–H groups in total. The van der Waals surface area contributed by atoms with E-state index in [4.69, 9.17) is 0 Å². The molecule has 0 fully saturated rings. The Kier molecular flexibility index (Phi) is 4.29. The van der Waals surface area contributed by atoms with E-state index >= 15 is 0 Å². The van der Waals surface area contributed by atoms with Crippen molar-refractivity contribution in [1.29, 1.82) is 0 Å². The number of pyridine rings is 1. The number of aromatic nitrogens is 1. The third kappa shape index (κ3) is 3.81. The van der Waals surface area contributed by atoms with E-state index in [1.165, 1.54) is 0 Å². The van der Waals surface area contributed by atoms with Gasteiger partial charge in [0.1, 0.15) is 0 Å². The van der Waals surface area contributed by atoms with E-state index < -0.39 is 17.8 Å². The van der Waals surface area contributed by atoms with Gasteiger partial charge in [0.25, 0.3) is 0 Å². The van der Waals surface area contributed by atoms with Gasteiger partial charge in [-0.15, -0.1) is 0 Å². The van der Waals surface area contributed by atoms with E-state index in [9.17, 15) is 18.3 Å². The second-order valence-electron chi connectivity index (χ2n) is 3.68. The van der Waals surface area contributed by atoms with Crippen LogP contribution >= 0.6 is 0 Å². The summed E-state index contributed by atoms with van der Waals surface area (Å²) in [5.41, 5.74) is -0.447. The first-order chi connectivity index (χ1) is 7.43. The Morgan fingerprint density at radius 2 is 2.12 bits per heavy atom. The van der Waals surface area contributed by atoms with Crippen LogP contribution in [-0.4, -0.2) is 16.2 Å². The first kappa shape index (κ1) is 13.0. The highest BCUT2D eigenvalue weighted by Crippen LogP contribution is 2.29. The van der Waals surface area contributed by atoms with Gasteiger partial charge in [0.05, 0.1) is 11.7 Å². The van der Waals surface area contributed by atoms with Gasteiger partial charge in [0, 0.05) is 18.3 Å². The quantitative estimate of drug-likeness (QED) is 0.867. The summed E-state index contributed by atoms with van der Waals surface area (Å²) in [6, 6.07) is 1.91. The lowest BCUT2D eigenvalue weighted by Gasteiger charge is -2.11. The Labute approximate surface area is 92.1 Å². The van der Waals surface area contributed by atoms with Crippen LogP contribution in [0, 0.1) is 0 Å². The topological polar surface area (TPSA) is 33.1 Å². The van der Waals surface area contributed by atoms with Gasteiger partial charge in [-0.05, 0) is 18.6 Å². The number of hydrogen-bond acceptors (Lipinski definition) is 2. The number of aliphatic hydroxyl groups is 1. The van der Waals surface area contributed by atoms with Crippen LogP contribution in [0.4, 0.5) is 13.2 Å². The largest absolute Gasteiger partial charge is 0.416 e. The molecule has 1 unspecified atom stereocenters. The SMILES string of the molecule is CCCC(O)Cc1cc(C(F)(F)F)ccn1. The summed E-state index contributed by atoms with van der Waals surface area (Å²) < 4.78 is 37.1. The van der Waals surface area contributed by atoms with Crippen molar-refractivity contribution in [2.24, 2.45) is 0 Å². The van der Waals surface area contributed by atoms with Crippen LogP contribution in [0.25, 0.3) is 0 Å². The minimum atomic E-state index is -4.35. The lowest BCUT2D eigenvalue weighted by atomic mass is 10.1. The van der Waals surface area contributed by atoms with Gasteiger partial charge in [0.2, 0.25) is 0 Å². The lowest BCUT2D eigenvalue weighted by Crippen LogP contribution is -2.12. The molecule has 0 bridgehead atoms. The second-order valence-corrected chi connectivity index (χ2v) is 3.68. The van der Waals surface area contributed by atoms with Crippen LogP contribution in [0.3, 0.4) is 0 Å². The third-order valence-electron chi connectivity index (χ3n) is 2.21. The second kappa shape index (κ2) is 5.30. The van der Waals surface area contributed by atoms with E-state index in [0.29, 0.717) is 6.42 Å². The summed E-state index contributed by atoms with van der Waals surface area (Å²) in [4.78, 5) is 3.82. The predicted octanol–water partition coefficient (Wildman–Crippen LogP) is 2.80. The molecule has 0 spiro atoms. The predicted molar refractivity (Wildman–Crippen MR) is 53.9 cm³/mol. The number of halogens is 3. The van der Waals surface area contributed by atoms with Gasteiger partial charge >= 0.3 is 6.18 Å². The Hall–Kier alpha value is -1.10. The van der Waals surface area contributed by atoms with Crippen molar-refractivity contribution in [3.63, 3.8) is 0 Å². The summed E-state index contributed by atoms with van der Waals surface area (Å²) >= 11 is 0. The van der Waals surface area contributed by atoms with Crippen molar-refractivity contribution in [2.45, 2.75) is 38.5 Å². The zero-order chi connectivity index (χ0) is 12.2. The Morgan fingerprint density at radius 1 is 1.44 bits per heavy atom. The summed E-state index contributed by atoms with van der Waals surface area (Å²) in [7, 11) is 0. The minimum absolute atomic E-state index is 0.164. The maximum atomic E-state index is 12.4. The van der Waals surface area contributed by atoms with Gasteiger partial charge in [-0.25, -0.2) is 0 Å². The van der Waals surface area contributed by atoms with Crippen LogP contribution in [0.15, 0.2) is 18.3 Å². The zero-order valence-electron chi connectivity index (χ0n) is 8.96. The summed E-state index contributed by atoms with van der Waals surface area (Å²) in [6.07, 6.45) is -2.33. The number of aliphatic hydroxyl groups excluding tert-OH is 1. The molecule has 0 aliphatic carbocycles. The van der Waals surface area contributed by atoms with Crippen molar-refractivity contribution >= 4 is 0 Å². The smallest absolute Gasteiger partial charge is 0.393 e. The maximum absolute atomic E-state index is 12.4. The molecule has 1 heterocycles. The van der Waals surface area contributed by atoms with E-state index in [1.807, 2.05) is 6.92 Å². The van der Waals surface area contributed by atoms with Crippen LogP contribution < -0.4 is 0 Å². The summed E-state index contributed by atoms with van der Waals surface area (Å²) in [6.45, 7) is 1.91. The third-order valence-corrected chi connectivity index (χ3v) is 2.21. The molecule has 0 aliphatic rings. The Morgan fingerprint density at radius 3 is 2.69 bits per heavy atom. The number of nitrogens with zero attached hydrogens (tertiary/aromatic N) is 1. The van der Waals surface area contributed by atoms with Gasteiger partial charge < -0.3 is 5.11 Å². The van der Waals surface area contributed by atoms with Gasteiger partial charge in [0.15, 0.2) is 0 Å². The molecular weight excluding hydrogens is 219 g/mol. The van der Waals surface area contributed by atoms with Gasteiger partial charge in [-0.2, -0.15) is 13.2 Å². The molecule has 1 aromatic heterocycles. The summed E-state index contributed by atoms with van der Waals surface area (Å²) in [5, 5.41) is 9.48. The average molecular weight is 233 g/mol. The van der Waals surface area contributed by atoms with E-state index in [0.717, 1.165) is 24.8 Å². The van der Waals surface area contributed by atoms with Crippen molar-refractivity contribution in [2.75, 3.05) is 0 Å². The molecule has 0 aliphatic heterocycles. The fraction of sp³-hybridized carbons (Fsp3) is 0.545. The molecule has 1 aromatic rings. The molecule has 90 valence electrons. The van der Waals surface area contributed by atoms with Crippen LogP contribution in [0.1, 0.15) is 31.0 Å². The molecule has 0 aromatic carbocycles. The molecule has 1 atom stereocenters. The fourth-order valence-electron chi connectivity index (χ4n) is 1.44. The first-order valence-electron chi connectivity index (χ1n) is 5.13. The van der Waals surface area contributed by atoms with Crippen molar-refractivity contribution in [3.8, 4) is 0 Å². The first-order valence-corrected chi connectivity index (χ1v) is 5.13. The Balaban J connectivity index is 2.75. The van der Waals surface area contributed by atoms with E-state index in [-0.39, 0.29) is 12.1 Å². The molecule has 5 heteroatoms. The zero-order valence-corrected chi connectivity index (χ0v) is 8.96. The molecule has 0 saturated carbocycles. The highest BCUT2D eigenvalue weighted by atomic mass is 19.4. The molecule has 2 nitrogen and oxygen atoms in total. The number of rotatable bonds is 4. The number of alkyl halides is 3. The van der Waals surface area contributed by atoms with Gasteiger partial charge in [-0.1, -0.05) is 13.3 Å². The highest BCUT2D eigenvalue weighted by Gasteiger charge is 2.30. The minimum Gasteiger partial charge on any atom is -0.393 e. The maximum Gasteiger partial charge on any atom is 0.416 e. The monoisotopic (exact) mass is 233 g/mol. The fourth-order valence-corrected chi connectivity index (χ4v) is 1.44. The van der Waals surface area contributed by atoms with E-state index in [2.05, 4.69) is 4.98 Å². The Bertz CT molecular complexity index is 338. The highest BCUT2D eigenvalue weighted by molar-refractivity contribution is 5.19. The normalized spacial score (nSPS) is 13.8. The van der Waals surface area contributed by atoms with Gasteiger partial charge in [-0.3, -0.25) is 4.98 Å². The van der Waals surface area contributed by atoms with Crippen LogP contribution in [0.2, 0.25) is 0 Å². The molecule has 16 heavy (non-hydrogen) atoms. The van der Waals surface area contributed by atoms with Crippen LogP contribution in [-0.2, 0) is 12.6 Å². The standard InChI is InChI=1S/C11H14F3NO/c1-2-3-10(16)7-9-6-8(4-5-15-9)11(12,13)14/h4-6,10,16H,2-3,7H2,1H3. The number of hydrogen-bond donors (Lipinski definition) is 1. The summed E-state index contributed by atoms with van der Waals surface area (Å²) in [5.74, 6) is 0. The molecule has 0 saturated heterocycles. The average Bonchev–Trinajstić information content (AvgIpc) is 2.17. The molecular formula is C11H14F3NO. The molecule has 1 rings (SSSR count).